The first-order valence-corrected chi connectivity index (χ1v) is 13.0. The molecule has 0 aromatic heterocycles. The molecule has 0 bridgehead atoms. The summed E-state index contributed by atoms with van der Waals surface area (Å²) in [6, 6.07) is 8.51. The first-order chi connectivity index (χ1) is 20.0. The summed E-state index contributed by atoms with van der Waals surface area (Å²) in [5.41, 5.74) is 1.06. The van der Waals surface area contributed by atoms with E-state index in [1.165, 1.54) is 36.4 Å². The Labute approximate surface area is 235 Å². The Morgan fingerprint density at radius 3 is 2.02 bits per heavy atom. The highest BCUT2D eigenvalue weighted by atomic mass is 16.7. The fourth-order valence-electron chi connectivity index (χ4n) is 4.06. The standard InChI is InChI=1S/C27H32N2O12/c1-34-6-7-35-8-9-36-10-11-37-25(31)19-2-4-22(20(17-19)26-38-12-13-39-26)28-24(30)18-3-5-23(29(32)33)21(16-18)27-40-14-15-41-27/h2-5,16-17,26-27H,6-15H2,1H3,(H,28,30). The number of carbonyl (C=O) groups is 2. The number of nitro groups is 1. The van der Waals surface area contributed by atoms with Crippen molar-refractivity contribution >= 4 is 23.3 Å². The van der Waals surface area contributed by atoms with Gasteiger partial charge in [0.05, 0.1) is 75.5 Å². The van der Waals surface area contributed by atoms with Crippen LogP contribution in [0.2, 0.25) is 0 Å². The van der Waals surface area contributed by atoms with Crippen LogP contribution in [0.15, 0.2) is 36.4 Å². The van der Waals surface area contributed by atoms with Crippen molar-refractivity contribution in [2.75, 3.05) is 78.5 Å². The molecule has 222 valence electrons. The second-order valence-electron chi connectivity index (χ2n) is 8.79. The molecule has 0 atom stereocenters. The molecule has 2 fully saturated rings. The van der Waals surface area contributed by atoms with Crippen molar-refractivity contribution in [2.45, 2.75) is 12.6 Å². The average Bonchev–Trinajstić information content (AvgIpc) is 3.71. The number of ether oxygens (including phenoxy) is 8. The van der Waals surface area contributed by atoms with Gasteiger partial charge in [0, 0.05) is 30.0 Å². The number of nitrogens with one attached hydrogen (secondary N) is 1. The Morgan fingerprint density at radius 1 is 0.829 bits per heavy atom. The Hall–Kier alpha value is -3.50. The number of benzene rings is 2. The van der Waals surface area contributed by atoms with E-state index in [9.17, 15) is 19.7 Å². The minimum absolute atomic E-state index is 0.0397. The van der Waals surface area contributed by atoms with E-state index in [0.29, 0.717) is 50.9 Å². The molecular weight excluding hydrogens is 544 g/mol. The zero-order valence-corrected chi connectivity index (χ0v) is 22.5. The maximum absolute atomic E-state index is 13.2. The number of esters is 1. The van der Waals surface area contributed by atoms with Crippen LogP contribution in [0.4, 0.5) is 11.4 Å². The fraction of sp³-hybridized carbons (Fsp3) is 0.481. The van der Waals surface area contributed by atoms with Crippen LogP contribution < -0.4 is 5.32 Å². The molecule has 4 rings (SSSR count). The lowest BCUT2D eigenvalue weighted by atomic mass is 10.1. The summed E-state index contributed by atoms with van der Waals surface area (Å²) in [6.45, 7) is 3.22. The molecule has 0 saturated carbocycles. The van der Waals surface area contributed by atoms with Gasteiger partial charge in [-0.25, -0.2) is 4.79 Å². The number of carbonyl (C=O) groups excluding carboxylic acids is 2. The van der Waals surface area contributed by atoms with Crippen molar-refractivity contribution in [3.05, 3.63) is 68.8 Å². The highest BCUT2D eigenvalue weighted by Crippen LogP contribution is 2.34. The smallest absolute Gasteiger partial charge is 0.338 e. The zero-order valence-electron chi connectivity index (χ0n) is 22.5. The van der Waals surface area contributed by atoms with Crippen molar-refractivity contribution in [1.29, 1.82) is 0 Å². The van der Waals surface area contributed by atoms with Gasteiger partial charge < -0.3 is 43.2 Å². The monoisotopic (exact) mass is 576 g/mol. The molecule has 2 aliphatic heterocycles. The minimum atomic E-state index is -0.941. The third-order valence-electron chi connectivity index (χ3n) is 6.04. The second-order valence-corrected chi connectivity index (χ2v) is 8.79. The van der Waals surface area contributed by atoms with Crippen LogP contribution >= 0.6 is 0 Å². The number of hydrogen-bond donors (Lipinski definition) is 1. The number of hydrogen-bond acceptors (Lipinski definition) is 12. The van der Waals surface area contributed by atoms with Crippen LogP contribution in [-0.2, 0) is 37.9 Å². The molecule has 0 spiro atoms. The normalized spacial score (nSPS) is 15.7. The maximum Gasteiger partial charge on any atom is 0.338 e. The molecule has 2 heterocycles. The lowest BCUT2D eigenvalue weighted by molar-refractivity contribution is -0.386. The van der Waals surface area contributed by atoms with Gasteiger partial charge in [-0.15, -0.1) is 0 Å². The Bertz CT molecular complexity index is 1190. The van der Waals surface area contributed by atoms with Crippen LogP contribution in [0.1, 0.15) is 44.4 Å². The number of nitro benzene ring substituents is 1. The van der Waals surface area contributed by atoms with Crippen molar-refractivity contribution in [3.63, 3.8) is 0 Å². The van der Waals surface area contributed by atoms with E-state index in [2.05, 4.69) is 5.32 Å². The molecule has 41 heavy (non-hydrogen) atoms. The highest BCUT2D eigenvalue weighted by molar-refractivity contribution is 6.05. The van der Waals surface area contributed by atoms with E-state index >= 15 is 0 Å². The first kappa shape index (κ1) is 30.5. The predicted molar refractivity (Wildman–Crippen MR) is 141 cm³/mol. The molecule has 14 nitrogen and oxygen atoms in total. The molecule has 0 unspecified atom stereocenters. The number of rotatable bonds is 15. The fourth-order valence-corrected chi connectivity index (χ4v) is 4.06. The van der Waals surface area contributed by atoms with Gasteiger partial charge in [0.25, 0.3) is 11.6 Å². The summed E-state index contributed by atoms with van der Waals surface area (Å²) >= 11 is 0. The van der Waals surface area contributed by atoms with Gasteiger partial charge in [-0.3, -0.25) is 14.9 Å². The molecule has 2 aromatic rings. The van der Waals surface area contributed by atoms with E-state index in [1.807, 2.05) is 0 Å². The molecule has 2 aliphatic rings. The van der Waals surface area contributed by atoms with Gasteiger partial charge in [-0.2, -0.15) is 0 Å². The predicted octanol–water partition coefficient (Wildman–Crippen LogP) is 2.77. The van der Waals surface area contributed by atoms with E-state index in [0.717, 1.165) is 0 Å². The van der Waals surface area contributed by atoms with Crippen LogP contribution in [0.25, 0.3) is 0 Å². The number of amides is 1. The van der Waals surface area contributed by atoms with E-state index in [-0.39, 0.29) is 48.8 Å². The lowest BCUT2D eigenvalue weighted by Gasteiger charge is -2.17. The van der Waals surface area contributed by atoms with Gasteiger partial charge in [-0.05, 0) is 30.3 Å². The van der Waals surface area contributed by atoms with Crippen LogP contribution in [-0.4, -0.2) is 90.0 Å². The topological polar surface area (TPSA) is 163 Å². The Morgan fingerprint density at radius 2 is 1.39 bits per heavy atom. The number of nitrogens with zero attached hydrogens (tertiary/aromatic N) is 1. The number of methoxy groups -OCH3 is 1. The molecule has 1 N–H and O–H groups in total. The van der Waals surface area contributed by atoms with Gasteiger partial charge in [0.1, 0.15) is 6.61 Å². The summed E-state index contributed by atoms with van der Waals surface area (Å²) < 4.78 is 42.9. The van der Waals surface area contributed by atoms with Gasteiger partial charge in [0.15, 0.2) is 12.6 Å². The Kier molecular flexibility index (Phi) is 11.5. The second kappa shape index (κ2) is 15.5. The summed E-state index contributed by atoms with van der Waals surface area (Å²) in [5, 5.41) is 14.3. The zero-order chi connectivity index (χ0) is 29.0. The summed E-state index contributed by atoms with van der Waals surface area (Å²) in [5.74, 6) is -1.13. The molecule has 0 aliphatic carbocycles. The third-order valence-corrected chi connectivity index (χ3v) is 6.04. The molecular formula is C27H32N2O12. The Balaban J connectivity index is 1.41. The first-order valence-electron chi connectivity index (χ1n) is 13.0. The summed E-state index contributed by atoms with van der Waals surface area (Å²) in [6.07, 6.45) is -1.75. The quantitative estimate of drug-likeness (QED) is 0.143. The third kappa shape index (κ3) is 8.50. The van der Waals surface area contributed by atoms with Crippen molar-refractivity contribution in [2.24, 2.45) is 0 Å². The van der Waals surface area contributed by atoms with Gasteiger partial charge >= 0.3 is 5.97 Å². The van der Waals surface area contributed by atoms with Crippen molar-refractivity contribution < 1.29 is 52.4 Å². The average molecular weight is 577 g/mol. The van der Waals surface area contributed by atoms with E-state index in [1.54, 1.807) is 7.11 Å². The maximum atomic E-state index is 13.2. The minimum Gasteiger partial charge on any atom is -0.460 e. The van der Waals surface area contributed by atoms with E-state index < -0.39 is 29.4 Å². The van der Waals surface area contributed by atoms with Gasteiger partial charge in [0.2, 0.25) is 0 Å². The van der Waals surface area contributed by atoms with Crippen LogP contribution in [0.3, 0.4) is 0 Å². The summed E-state index contributed by atoms with van der Waals surface area (Å²) in [7, 11) is 1.59. The molecule has 14 heteroatoms. The summed E-state index contributed by atoms with van der Waals surface area (Å²) in [4.78, 5) is 36.8. The van der Waals surface area contributed by atoms with Crippen molar-refractivity contribution in [3.8, 4) is 0 Å². The molecule has 0 radical (unpaired) electrons. The van der Waals surface area contributed by atoms with Crippen molar-refractivity contribution in [1.82, 2.24) is 0 Å². The van der Waals surface area contributed by atoms with Crippen LogP contribution in [0, 0.1) is 10.1 Å². The SMILES string of the molecule is COCCOCCOCCOC(=O)c1ccc(NC(=O)c2ccc([N+](=O)[O-])c(C3OCCO3)c2)c(C2OCCO2)c1. The largest absolute Gasteiger partial charge is 0.460 e. The lowest BCUT2D eigenvalue weighted by Crippen LogP contribution is -2.17. The van der Waals surface area contributed by atoms with Crippen LogP contribution in [0.5, 0.6) is 0 Å². The van der Waals surface area contributed by atoms with Gasteiger partial charge in [-0.1, -0.05) is 0 Å². The van der Waals surface area contributed by atoms with E-state index in [4.69, 9.17) is 37.9 Å². The molecule has 1 amide bonds. The molecule has 2 aromatic carbocycles. The highest BCUT2D eigenvalue weighted by Gasteiger charge is 2.29. The number of anilines is 1. The molecule has 2 saturated heterocycles.